The lowest BCUT2D eigenvalue weighted by Crippen LogP contribution is -2.16. The highest BCUT2D eigenvalue weighted by Gasteiger charge is 2.01. The van der Waals surface area contributed by atoms with Gasteiger partial charge in [-0.3, -0.25) is 9.78 Å². The zero-order valence-corrected chi connectivity index (χ0v) is 12.2. The predicted molar refractivity (Wildman–Crippen MR) is 83.2 cm³/mol. The first kappa shape index (κ1) is 15.0. The molecule has 0 atom stereocenters. The first-order valence-corrected chi connectivity index (χ1v) is 6.71. The maximum Gasteiger partial charge on any atom is 0.250 e. The molecule has 0 aliphatic rings. The Morgan fingerprint density at radius 2 is 1.86 bits per heavy atom. The van der Waals surface area contributed by atoms with Gasteiger partial charge in [0.15, 0.2) is 0 Å². The quantitative estimate of drug-likeness (QED) is 0.856. The summed E-state index contributed by atoms with van der Waals surface area (Å²) in [5.41, 5.74) is 3.87. The first-order valence-electron chi connectivity index (χ1n) is 6.71. The van der Waals surface area contributed by atoms with Crippen LogP contribution in [0.1, 0.15) is 11.3 Å². The van der Waals surface area contributed by atoms with Gasteiger partial charge in [0.25, 0.3) is 0 Å². The summed E-state index contributed by atoms with van der Waals surface area (Å²) in [6, 6.07) is 11.6. The Kier molecular flexibility index (Phi) is 5.29. The van der Waals surface area contributed by atoms with Crippen molar-refractivity contribution in [3.8, 4) is 0 Å². The monoisotopic (exact) mass is 285 g/mol. The SMILES string of the molecule is COCC(=O)Nc1ccc(NCc2ccc(C)nc2)cc1. The van der Waals surface area contributed by atoms with Crippen LogP contribution in [0.3, 0.4) is 0 Å². The van der Waals surface area contributed by atoms with E-state index in [0.29, 0.717) is 6.54 Å². The van der Waals surface area contributed by atoms with Gasteiger partial charge in [0, 0.05) is 36.9 Å². The normalized spacial score (nSPS) is 10.2. The van der Waals surface area contributed by atoms with E-state index in [9.17, 15) is 4.79 Å². The van der Waals surface area contributed by atoms with Crippen molar-refractivity contribution in [2.75, 3.05) is 24.4 Å². The lowest BCUT2D eigenvalue weighted by atomic mass is 10.2. The molecule has 0 bridgehead atoms. The van der Waals surface area contributed by atoms with E-state index in [-0.39, 0.29) is 12.5 Å². The molecule has 5 nitrogen and oxygen atoms in total. The zero-order valence-electron chi connectivity index (χ0n) is 12.2. The Morgan fingerprint density at radius 1 is 1.14 bits per heavy atom. The molecule has 0 spiro atoms. The van der Waals surface area contributed by atoms with E-state index in [2.05, 4.69) is 21.7 Å². The number of anilines is 2. The molecule has 0 fully saturated rings. The summed E-state index contributed by atoms with van der Waals surface area (Å²) in [4.78, 5) is 15.6. The second kappa shape index (κ2) is 7.40. The van der Waals surface area contributed by atoms with Gasteiger partial charge < -0.3 is 15.4 Å². The fourth-order valence-electron chi connectivity index (χ4n) is 1.81. The smallest absolute Gasteiger partial charge is 0.250 e. The number of carbonyl (C=O) groups is 1. The zero-order chi connectivity index (χ0) is 15.1. The summed E-state index contributed by atoms with van der Waals surface area (Å²) in [5, 5.41) is 6.06. The average molecular weight is 285 g/mol. The standard InChI is InChI=1S/C16H19N3O2/c1-12-3-4-13(9-17-12)10-18-14-5-7-15(8-6-14)19-16(20)11-21-2/h3-9,18H,10-11H2,1-2H3,(H,19,20). The fraction of sp³-hybridized carbons (Fsp3) is 0.250. The lowest BCUT2D eigenvalue weighted by Gasteiger charge is -2.08. The van der Waals surface area contributed by atoms with E-state index in [1.807, 2.05) is 43.5 Å². The molecule has 0 saturated heterocycles. The number of ether oxygens (including phenoxy) is 1. The summed E-state index contributed by atoms with van der Waals surface area (Å²) in [6.45, 7) is 2.73. The van der Waals surface area contributed by atoms with Gasteiger partial charge >= 0.3 is 0 Å². The third-order valence-electron chi connectivity index (χ3n) is 2.91. The molecule has 0 aliphatic carbocycles. The molecule has 1 amide bonds. The number of hydrogen-bond donors (Lipinski definition) is 2. The summed E-state index contributed by atoms with van der Waals surface area (Å²) < 4.78 is 4.77. The third kappa shape index (κ3) is 4.89. The number of hydrogen-bond acceptors (Lipinski definition) is 4. The van der Waals surface area contributed by atoms with Crippen molar-refractivity contribution in [2.45, 2.75) is 13.5 Å². The number of methoxy groups -OCH3 is 1. The highest BCUT2D eigenvalue weighted by atomic mass is 16.5. The highest BCUT2D eigenvalue weighted by Crippen LogP contribution is 2.14. The van der Waals surface area contributed by atoms with Crippen molar-refractivity contribution in [1.29, 1.82) is 0 Å². The van der Waals surface area contributed by atoms with E-state index in [1.165, 1.54) is 7.11 Å². The van der Waals surface area contributed by atoms with Gasteiger partial charge in [0.2, 0.25) is 5.91 Å². The van der Waals surface area contributed by atoms with Crippen molar-refractivity contribution in [1.82, 2.24) is 4.98 Å². The molecular weight excluding hydrogens is 266 g/mol. The second-order valence-electron chi connectivity index (χ2n) is 4.72. The molecule has 0 radical (unpaired) electrons. The van der Waals surface area contributed by atoms with Gasteiger partial charge in [-0.15, -0.1) is 0 Å². The molecule has 1 aromatic carbocycles. The van der Waals surface area contributed by atoms with Crippen LogP contribution in [0.15, 0.2) is 42.6 Å². The predicted octanol–water partition coefficient (Wildman–Crippen LogP) is 2.59. The number of rotatable bonds is 6. The van der Waals surface area contributed by atoms with Crippen LogP contribution in [0.25, 0.3) is 0 Å². The fourth-order valence-corrected chi connectivity index (χ4v) is 1.81. The number of pyridine rings is 1. The number of nitrogens with one attached hydrogen (secondary N) is 2. The largest absolute Gasteiger partial charge is 0.381 e. The molecule has 0 aliphatic heterocycles. The average Bonchev–Trinajstić information content (AvgIpc) is 2.48. The van der Waals surface area contributed by atoms with Crippen molar-refractivity contribution in [3.63, 3.8) is 0 Å². The molecule has 2 aromatic rings. The second-order valence-corrected chi connectivity index (χ2v) is 4.72. The molecule has 1 aromatic heterocycles. The Labute approximate surface area is 124 Å². The number of nitrogens with zero attached hydrogens (tertiary/aromatic N) is 1. The maximum atomic E-state index is 11.4. The molecule has 5 heteroatoms. The molecule has 21 heavy (non-hydrogen) atoms. The van der Waals surface area contributed by atoms with Crippen LogP contribution in [0, 0.1) is 6.92 Å². The Bertz CT molecular complexity index is 579. The number of amides is 1. The Hall–Kier alpha value is -2.40. The molecule has 1 heterocycles. The molecular formula is C16H19N3O2. The minimum atomic E-state index is -0.163. The van der Waals surface area contributed by atoms with E-state index < -0.39 is 0 Å². The lowest BCUT2D eigenvalue weighted by molar-refractivity contribution is -0.119. The summed E-state index contributed by atoms with van der Waals surface area (Å²) in [7, 11) is 1.49. The minimum absolute atomic E-state index is 0.0560. The van der Waals surface area contributed by atoms with Crippen LogP contribution in [0.5, 0.6) is 0 Å². The van der Waals surface area contributed by atoms with Crippen LogP contribution in [-0.4, -0.2) is 24.6 Å². The number of carbonyl (C=O) groups excluding carboxylic acids is 1. The van der Waals surface area contributed by atoms with Crippen LogP contribution in [-0.2, 0) is 16.1 Å². The van der Waals surface area contributed by atoms with Crippen molar-refractivity contribution < 1.29 is 9.53 Å². The van der Waals surface area contributed by atoms with Gasteiger partial charge in [-0.2, -0.15) is 0 Å². The number of benzene rings is 1. The number of aryl methyl sites for hydroxylation is 1. The molecule has 0 saturated carbocycles. The summed E-state index contributed by atoms with van der Waals surface area (Å²) in [5.74, 6) is -0.163. The molecule has 2 rings (SSSR count). The molecule has 2 N–H and O–H groups in total. The van der Waals surface area contributed by atoms with Gasteiger partial charge in [-0.05, 0) is 42.8 Å². The van der Waals surface area contributed by atoms with Crippen molar-refractivity contribution in [3.05, 3.63) is 53.9 Å². The third-order valence-corrected chi connectivity index (χ3v) is 2.91. The Balaban J connectivity index is 1.87. The maximum absolute atomic E-state index is 11.4. The summed E-state index contributed by atoms with van der Waals surface area (Å²) >= 11 is 0. The van der Waals surface area contributed by atoms with E-state index in [0.717, 1.165) is 22.6 Å². The first-order chi connectivity index (χ1) is 10.2. The Morgan fingerprint density at radius 3 is 2.48 bits per heavy atom. The van der Waals surface area contributed by atoms with Crippen molar-refractivity contribution in [2.24, 2.45) is 0 Å². The van der Waals surface area contributed by atoms with Gasteiger partial charge in [-0.25, -0.2) is 0 Å². The van der Waals surface area contributed by atoms with E-state index in [4.69, 9.17) is 4.74 Å². The topological polar surface area (TPSA) is 63.2 Å². The minimum Gasteiger partial charge on any atom is -0.381 e. The van der Waals surface area contributed by atoms with Gasteiger partial charge in [0.05, 0.1) is 0 Å². The van der Waals surface area contributed by atoms with E-state index in [1.54, 1.807) is 0 Å². The highest BCUT2D eigenvalue weighted by molar-refractivity contribution is 5.91. The van der Waals surface area contributed by atoms with Crippen LogP contribution >= 0.6 is 0 Å². The van der Waals surface area contributed by atoms with Crippen LogP contribution in [0.2, 0.25) is 0 Å². The van der Waals surface area contributed by atoms with Gasteiger partial charge in [0.1, 0.15) is 6.61 Å². The summed E-state index contributed by atoms with van der Waals surface area (Å²) in [6.07, 6.45) is 1.86. The van der Waals surface area contributed by atoms with Crippen LogP contribution in [0.4, 0.5) is 11.4 Å². The van der Waals surface area contributed by atoms with Gasteiger partial charge in [-0.1, -0.05) is 6.07 Å². The molecule has 0 unspecified atom stereocenters. The number of aromatic nitrogens is 1. The molecule has 110 valence electrons. The van der Waals surface area contributed by atoms with E-state index >= 15 is 0 Å². The van der Waals surface area contributed by atoms with Crippen molar-refractivity contribution >= 4 is 17.3 Å². The van der Waals surface area contributed by atoms with Crippen LogP contribution < -0.4 is 10.6 Å².